The minimum atomic E-state index is -0.517. The summed E-state index contributed by atoms with van der Waals surface area (Å²) in [5, 5.41) is 0. The van der Waals surface area contributed by atoms with Gasteiger partial charge < -0.3 is 9.47 Å². The van der Waals surface area contributed by atoms with Gasteiger partial charge in [0.2, 0.25) is 0 Å². The smallest absolute Gasteiger partial charge is 0.182 e. The molecule has 1 fully saturated rings. The molecule has 22 heavy (non-hydrogen) atoms. The Morgan fingerprint density at radius 3 is 2.50 bits per heavy atom. The molecular formula is C18H25NO3. The zero-order valence-electron chi connectivity index (χ0n) is 13.7. The number of hydrogen-bond donors (Lipinski definition) is 0. The van der Waals surface area contributed by atoms with Gasteiger partial charge in [-0.2, -0.15) is 0 Å². The molecule has 0 aromatic heterocycles. The Morgan fingerprint density at radius 1 is 1.27 bits per heavy atom. The Kier molecular flexibility index (Phi) is 5.75. The van der Waals surface area contributed by atoms with Crippen LogP contribution in [0.2, 0.25) is 0 Å². The van der Waals surface area contributed by atoms with Crippen LogP contribution in [-0.4, -0.2) is 49.1 Å². The third-order valence-corrected chi connectivity index (χ3v) is 4.06. The lowest BCUT2D eigenvalue weighted by molar-refractivity contribution is -0.00429. The second kappa shape index (κ2) is 7.56. The Morgan fingerprint density at radius 2 is 1.91 bits per heavy atom. The van der Waals surface area contributed by atoms with Crippen molar-refractivity contribution >= 4 is 5.78 Å². The minimum Gasteiger partial charge on any atom is -0.490 e. The van der Waals surface area contributed by atoms with Crippen LogP contribution in [-0.2, 0) is 4.74 Å². The standard InChI is InChI=1S/C18H25NO3/c1-4-5-12-22-16-8-6-15(7-9-16)17(20)18(2,3)19-10-13-21-14-11-19/h4-9H,10-14H2,1-3H3. The summed E-state index contributed by atoms with van der Waals surface area (Å²) < 4.78 is 10.9. The van der Waals surface area contributed by atoms with Crippen LogP contribution in [0, 0.1) is 0 Å². The summed E-state index contributed by atoms with van der Waals surface area (Å²) in [6.45, 7) is 9.44. The van der Waals surface area contributed by atoms with Crippen molar-refractivity contribution in [2.75, 3.05) is 32.9 Å². The lowest BCUT2D eigenvalue weighted by Gasteiger charge is -2.39. The molecule has 0 atom stereocenters. The van der Waals surface area contributed by atoms with E-state index in [1.807, 2.05) is 57.2 Å². The Labute approximate surface area is 132 Å². The topological polar surface area (TPSA) is 38.8 Å². The molecule has 2 rings (SSSR count). The highest BCUT2D eigenvalue weighted by atomic mass is 16.5. The zero-order valence-corrected chi connectivity index (χ0v) is 13.7. The summed E-state index contributed by atoms with van der Waals surface area (Å²) in [6, 6.07) is 7.39. The highest BCUT2D eigenvalue weighted by molar-refractivity contribution is 6.02. The monoisotopic (exact) mass is 303 g/mol. The first-order chi connectivity index (χ1) is 10.6. The van der Waals surface area contributed by atoms with Crippen molar-refractivity contribution in [3.63, 3.8) is 0 Å². The predicted octanol–water partition coefficient (Wildman–Crippen LogP) is 2.94. The first-order valence-electron chi connectivity index (χ1n) is 7.77. The van der Waals surface area contributed by atoms with Gasteiger partial charge in [-0.05, 0) is 45.0 Å². The number of benzene rings is 1. The quantitative estimate of drug-likeness (QED) is 0.598. The summed E-state index contributed by atoms with van der Waals surface area (Å²) in [5.41, 5.74) is 0.201. The molecule has 0 aliphatic carbocycles. The fourth-order valence-electron chi connectivity index (χ4n) is 2.56. The number of morpholine rings is 1. The average Bonchev–Trinajstić information content (AvgIpc) is 2.56. The molecule has 120 valence electrons. The van der Waals surface area contributed by atoms with Gasteiger partial charge in [-0.15, -0.1) is 0 Å². The number of nitrogens with zero attached hydrogens (tertiary/aromatic N) is 1. The van der Waals surface area contributed by atoms with E-state index in [0.717, 1.165) is 24.4 Å². The molecule has 0 unspecified atom stereocenters. The second-order valence-corrected chi connectivity index (χ2v) is 5.89. The van der Waals surface area contributed by atoms with E-state index in [-0.39, 0.29) is 5.78 Å². The average molecular weight is 303 g/mol. The highest BCUT2D eigenvalue weighted by Gasteiger charge is 2.35. The number of carbonyl (C=O) groups excluding carboxylic acids is 1. The van der Waals surface area contributed by atoms with E-state index in [1.165, 1.54) is 0 Å². The maximum Gasteiger partial charge on any atom is 0.182 e. The molecule has 4 nitrogen and oxygen atoms in total. The second-order valence-electron chi connectivity index (χ2n) is 5.89. The predicted molar refractivity (Wildman–Crippen MR) is 87.6 cm³/mol. The third kappa shape index (κ3) is 3.96. The van der Waals surface area contributed by atoms with Crippen LogP contribution >= 0.6 is 0 Å². The van der Waals surface area contributed by atoms with Gasteiger partial charge >= 0.3 is 0 Å². The van der Waals surface area contributed by atoms with Crippen LogP contribution in [0.3, 0.4) is 0 Å². The van der Waals surface area contributed by atoms with Crippen molar-refractivity contribution in [2.45, 2.75) is 26.3 Å². The van der Waals surface area contributed by atoms with Gasteiger partial charge in [0.25, 0.3) is 0 Å². The molecule has 0 saturated carbocycles. The van der Waals surface area contributed by atoms with Crippen LogP contribution in [0.1, 0.15) is 31.1 Å². The van der Waals surface area contributed by atoms with Crippen molar-refractivity contribution in [3.05, 3.63) is 42.0 Å². The molecule has 0 radical (unpaired) electrons. The van der Waals surface area contributed by atoms with Crippen LogP contribution in [0.4, 0.5) is 0 Å². The summed E-state index contributed by atoms with van der Waals surface area (Å²) in [4.78, 5) is 15.0. The van der Waals surface area contributed by atoms with Gasteiger partial charge in [-0.1, -0.05) is 12.2 Å². The van der Waals surface area contributed by atoms with E-state index >= 15 is 0 Å². The summed E-state index contributed by atoms with van der Waals surface area (Å²) in [6.07, 6.45) is 3.89. The Balaban J connectivity index is 2.04. The lowest BCUT2D eigenvalue weighted by Crippen LogP contribution is -2.54. The summed E-state index contributed by atoms with van der Waals surface area (Å²) >= 11 is 0. The summed E-state index contributed by atoms with van der Waals surface area (Å²) in [5.74, 6) is 0.910. The zero-order chi connectivity index (χ0) is 16.0. The van der Waals surface area contributed by atoms with E-state index in [4.69, 9.17) is 9.47 Å². The van der Waals surface area contributed by atoms with E-state index < -0.39 is 5.54 Å². The highest BCUT2D eigenvalue weighted by Crippen LogP contribution is 2.23. The number of rotatable bonds is 6. The van der Waals surface area contributed by atoms with Gasteiger partial charge in [-0.25, -0.2) is 0 Å². The van der Waals surface area contributed by atoms with E-state index in [2.05, 4.69) is 4.90 Å². The number of carbonyl (C=O) groups is 1. The van der Waals surface area contributed by atoms with Crippen molar-refractivity contribution in [1.29, 1.82) is 0 Å². The van der Waals surface area contributed by atoms with Crippen molar-refractivity contribution in [3.8, 4) is 5.75 Å². The molecule has 1 aliphatic rings. The molecule has 4 heteroatoms. The van der Waals surface area contributed by atoms with Crippen molar-refractivity contribution in [2.24, 2.45) is 0 Å². The van der Waals surface area contributed by atoms with E-state index in [0.29, 0.717) is 19.8 Å². The normalized spacial score (nSPS) is 16.9. The molecule has 1 saturated heterocycles. The first kappa shape index (κ1) is 16.7. The van der Waals surface area contributed by atoms with Crippen LogP contribution in [0.15, 0.2) is 36.4 Å². The number of allylic oxidation sites excluding steroid dienone is 1. The molecule has 1 aliphatic heterocycles. The SMILES string of the molecule is CC=CCOc1ccc(C(=O)C(C)(C)N2CCOCC2)cc1. The van der Waals surface area contributed by atoms with Crippen molar-refractivity contribution in [1.82, 2.24) is 4.90 Å². The molecule has 1 heterocycles. The van der Waals surface area contributed by atoms with E-state index in [9.17, 15) is 4.79 Å². The molecule has 1 aromatic rings. The number of Topliss-reactive ketones (excluding diaryl/α,β-unsaturated/α-hetero) is 1. The Bertz CT molecular complexity index is 514. The van der Waals surface area contributed by atoms with Crippen LogP contribution in [0.25, 0.3) is 0 Å². The fraction of sp³-hybridized carbons (Fsp3) is 0.500. The van der Waals surface area contributed by atoms with Gasteiger partial charge in [0.15, 0.2) is 5.78 Å². The third-order valence-electron chi connectivity index (χ3n) is 4.06. The number of ketones is 1. The number of ether oxygens (including phenoxy) is 2. The molecular weight excluding hydrogens is 278 g/mol. The molecule has 0 N–H and O–H groups in total. The van der Waals surface area contributed by atoms with Crippen molar-refractivity contribution < 1.29 is 14.3 Å². The molecule has 0 spiro atoms. The van der Waals surface area contributed by atoms with Crippen LogP contribution in [0.5, 0.6) is 5.75 Å². The minimum absolute atomic E-state index is 0.134. The van der Waals surface area contributed by atoms with Gasteiger partial charge in [0.1, 0.15) is 12.4 Å². The van der Waals surface area contributed by atoms with Crippen LogP contribution < -0.4 is 4.74 Å². The first-order valence-corrected chi connectivity index (χ1v) is 7.77. The summed E-state index contributed by atoms with van der Waals surface area (Å²) in [7, 11) is 0. The van der Waals surface area contributed by atoms with Gasteiger partial charge in [0, 0.05) is 18.7 Å². The largest absolute Gasteiger partial charge is 0.490 e. The molecule has 1 aromatic carbocycles. The van der Waals surface area contributed by atoms with Gasteiger partial charge in [0.05, 0.1) is 18.8 Å². The van der Waals surface area contributed by atoms with Gasteiger partial charge in [-0.3, -0.25) is 9.69 Å². The molecule has 0 bridgehead atoms. The van der Waals surface area contributed by atoms with E-state index in [1.54, 1.807) is 0 Å². The maximum atomic E-state index is 12.8. The fourth-order valence-corrected chi connectivity index (χ4v) is 2.56. The molecule has 0 amide bonds. The lowest BCUT2D eigenvalue weighted by atomic mass is 9.91. The maximum absolute atomic E-state index is 12.8. The Hall–Kier alpha value is -1.65. The number of hydrogen-bond acceptors (Lipinski definition) is 4.